The number of hydrogen-bond acceptors (Lipinski definition) is 4. The molecule has 1 N–H and O–H groups in total. The highest BCUT2D eigenvalue weighted by Gasteiger charge is 2.18. The summed E-state index contributed by atoms with van der Waals surface area (Å²) in [6.45, 7) is 1.08. The Kier molecular flexibility index (Phi) is 5.07. The van der Waals surface area contributed by atoms with Crippen LogP contribution in [-0.4, -0.2) is 20.7 Å². The fourth-order valence-corrected chi connectivity index (χ4v) is 3.54. The first kappa shape index (κ1) is 17.2. The number of carbonyl (C=O) groups excluding carboxylic acids is 1. The van der Waals surface area contributed by atoms with Crippen molar-refractivity contribution in [2.24, 2.45) is 0 Å². The number of pyridine rings is 1. The Bertz CT molecular complexity index is 1010. The van der Waals surface area contributed by atoms with E-state index >= 15 is 0 Å². The number of carbonyl (C=O) groups is 1. The van der Waals surface area contributed by atoms with Crippen molar-refractivity contribution in [2.45, 2.75) is 13.1 Å². The van der Waals surface area contributed by atoms with Crippen molar-refractivity contribution in [1.82, 2.24) is 20.1 Å². The Balaban J connectivity index is 1.59. The van der Waals surface area contributed by atoms with Crippen LogP contribution in [0.15, 0.2) is 78.6 Å². The largest absolute Gasteiger partial charge is 0.348 e. The van der Waals surface area contributed by atoms with Crippen molar-refractivity contribution in [3.05, 3.63) is 95.3 Å². The number of hydrogen-bond donors (Lipinski definition) is 1. The molecule has 0 bridgehead atoms. The maximum Gasteiger partial charge on any atom is 0.255 e. The van der Waals surface area contributed by atoms with E-state index in [2.05, 4.69) is 27.5 Å². The van der Waals surface area contributed by atoms with E-state index in [1.165, 1.54) is 0 Å². The van der Waals surface area contributed by atoms with Crippen molar-refractivity contribution in [1.29, 1.82) is 0 Å². The number of benzene rings is 1. The quantitative estimate of drug-likeness (QED) is 0.555. The summed E-state index contributed by atoms with van der Waals surface area (Å²) in [5, 5.41) is 9.65. The van der Waals surface area contributed by atoms with Gasteiger partial charge in [0, 0.05) is 25.1 Å². The lowest BCUT2D eigenvalue weighted by Crippen LogP contribution is -2.23. The SMILES string of the molecule is O=C(NCc1ccncc1)c1cn(Cc2ccccc2)nc1-c1cccs1. The predicted octanol–water partition coefficient (Wildman–Crippen LogP) is 3.98. The molecule has 3 heterocycles. The second-order valence-corrected chi connectivity index (χ2v) is 7.04. The fourth-order valence-electron chi connectivity index (χ4n) is 2.81. The second-order valence-electron chi connectivity index (χ2n) is 6.09. The Morgan fingerprint density at radius 1 is 1.00 bits per heavy atom. The summed E-state index contributed by atoms with van der Waals surface area (Å²) in [5.41, 5.74) is 3.45. The minimum absolute atomic E-state index is 0.130. The van der Waals surface area contributed by atoms with Gasteiger partial charge in [-0.15, -0.1) is 11.3 Å². The van der Waals surface area contributed by atoms with Crippen LogP contribution in [0.5, 0.6) is 0 Å². The summed E-state index contributed by atoms with van der Waals surface area (Å²) in [6, 6.07) is 17.8. The van der Waals surface area contributed by atoms with Crippen LogP contribution in [0.25, 0.3) is 10.6 Å². The molecule has 4 aromatic rings. The monoisotopic (exact) mass is 374 g/mol. The molecule has 134 valence electrons. The van der Waals surface area contributed by atoms with Gasteiger partial charge in [-0.2, -0.15) is 5.10 Å². The highest BCUT2D eigenvalue weighted by Crippen LogP contribution is 2.27. The van der Waals surface area contributed by atoms with Crippen molar-refractivity contribution in [2.75, 3.05) is 0 Å². The molecule has 6 heteroatoms. The number of nitrogens with one attached hydrogen (secondary N) is 1. The van der Waals surface area contributed by atoms with Gasteiger partial charge in [-0.05, 0) is 34.7 Å². The zero-order chi connectivity index (χ0) is 18.5. The number of rotatable bonds is 6. The molecule has 0 saturated carbocycles. The van der Waals surface area contributed by atoms with Crippen molar-refractivity contribution < 1.29 is 4.79 Å². The number of thiophene rings is 1. The smallest absolute Gasteiger partial charge is 0.255 e. The van der Waals surface area contributed by atoms with Gasteiger partial charge in [-0.25, -0.2) is 0 Å². The lowest BCUT2D eigenvalue weighted by molar-refractivity contribution is 0.0951. The molecule has 0 aliphatic carbocycles. The molecular weight excluding hydrogens is 356 g/mol. The van der Waals surface area contributed by atoms with E-state index in [1.54, 1.807) is 23.7 Å². The average Bonchev–Trinajstić information content (AvgIpc) is 3.37. The molecule has 0 aliphatic heterocycles. The van der Waals surface area contributed by atoms with E-state index < -0.39 is 0 Å². The summed E-state index contributed by atoms with van der Waals surface area (Å²) >= 11 is 1.58. The van der Waals surface area contributed by atoms with Gasteiger partial charge in [0.2, 0.25) is 0 Å². The molecule has 0 spiro atoms. The molecule has 4 rings (SSSR count). The van der Waals surface area contributed by atoms with Crippen molar-refractivity contribution >= 4 is 17.2 Å². The summed E-state index contributed by atoms with van der Waals surface area (Å²) < 4.78 is 1.83. The van der Waals surface area contributed by atoms with Gasteiger partial charge in [-0.1, -0.05) is 36.4 Å². The summed E-state index contributed by atoms with van der Waals surface area (Å²) in [4.78, 5) is 17.8. The lowest BCUT2D eigenvalue weighted by atomic mass is 10.2. The van der Waals surface area contributed by atoms with Crippen LogP contribution < -0.4 is 5.32 Å². The van der Waals surface area contributed by atoms with Gasteiger partial charge in [0.1, 0.15) is 5.69 Å². The minimum atomic E-state index is -0.130. The molecule has 0 aliphatic rings. The zero-order valence-electron chi connectivity index (χ0n) is 14.6. The van der Waals surface area contributed by atoms with Crippen LogP contribution >= 0.6 is 11.3 Å². The average molecular weight is 374 g/mol. The van der Waals surface area contributed by atoms with Gasteiger partial charge in [0.05, 0.1) is 17.0 Å². The minimum Gasteiger partial charge on any atom is -0.348 e. The summed E-state index contributed by atoms with van der Waals surface area (Å²) in [7, 11) is 0. The number of aromatic nitrogens is 3. The molecule has 0 fully saturated rings. The van der Waals surface area contributed by atoms with E-state index in [0.29, 0.717) is 24.3 Å². The van der Waals surface area contributed by atoms with Gasteiger partial charge in [0.15, 0.2) is 0 Å². The lowest BCUT2D eigenvalue weighted by Gasteiger charge is -2.04. The number of amides is 1. The summed E-state index contributed by atoms with van der Waals surface area (Å²) in [5.74, 6) is -0.130. The van der Waals surface area contributed by atoms with Crippen molar-refractivity contribution in [3.63, 3.8) is 0 Å². The van der Waals surface area contributed by atoms with Crippen LogP contribution in [0, 0.1) is 0 Å². The normalized spacial score (nSPS) is 10.7. The first-order chi connectivity index (χ1) is 13.3. The third kappa shape index (κ3) is 4.12. The Morgan fingerprint density at radius 3 is 2.56 bits per heavy atom. The van der Waals surface area contributed by atoms with E-state index in [9.17, 15) is 4.79 Å². The summed E-state index contributed by atoms with van der Waals surface area (Å²) in [6.07, 6.45) is 5.26. The van der Waals surface area contributed by atoms with Crippen molar-refractivity contribution in [3.8, 4) is 10.6 Å². The molecule has 0 radical (unpaired) electrons. The Morgan fingerprint density at radius 2 is 1.81 bits per heavy atom. The van der Waals surface area contributed by atoms with Gasteiger partial charge in [-0.3, -0.25) is 14.5 Å². The van der Waals surface area contributed by atoms with Crippen LogP contribution in [-0.2, 0) is 13.1 Å². The molecule has 1 amide bonds. The van der Waals surface area contributed by atoms with Crippen LogP contribution in [0.1, 0.15) is 21.5 Å². The molecule has 5 nitrogen and oxygen atoms in total. The molecule has 1 aromatic carbocycles. The fraction of sp³-hybridized carbons (Fsp3) is 0.0952. The third-order valence-electron chi connectivity index (χ3n) is 4.15. The first-order valence-electron chi connectivity index (χ1n) is 8.62. The van der Waals surface area contributed by atoms with E-state index in [-0.39, 0.29) is 5.91 Å². The van der Waals surface area contributed by atoms with Crippen LogP contribution in [0.4, 0.5) is 0 Å². The Labute approximate surface area is 161 Å². The standard InChI is InChI=1S/C21H18N4OS/c26-21(23-13-16-8-10-22-11-9-16)18-15-25(14-17-5-2-1-3-6-17)24-20(18)19-7-4-12-27-19/h1-12,15H,13-14H2,(H,23,26). The van der Waals surface area contributed by atoms with Gasteiger partial charge >= 0.3 is 0 Å². The highest BCUT2D eigenvalue weighted by molar-refractivity contribution is 7.13. The molecule has 3 aromatic heterocycles. The first-order valence-corrected chi connectivity index (χ1v) is 9.50. The van der Waals surface area contributed by atoms with E-state index in [4.69, 9.17) is 0 Å². The third-order valence-corrected chi connectivity index (χ3v) is 5.03. The topological polar surface area (TPSA) is 59.8 Å². The van der Waals surface area contributed by atoms with E-state index in [0.717, 1.165) is 16.0 Å². The second kappa shape index (κ2) is 7.97. The Hall–Kier alpha value is -3.25. The van der Waals surface area contributed by atoms with Gasteiger partial charge < -0.3 is 5.32 Å². The van der Waals surface area contributed by atoms with Crippen LogP contribution in [0.3, 0.4) is 0 Å². The maximum atomic E-state index is 12.8. The highest BCUT2D eigenvalue weighted by atomic mass is 32.1. The molecule has 0 unspecified atom stereocenters. The molecule has 27 heavy (non-hydrogen) atoms. The molecule has 0 saturated heterocycles. The van der Waals surface area contributed by atoms with Gasteiger partial charge in [0.25, 0.3) is 5.91 Å². The molecular formula is C21H18N4OS. The molecule has 0 atom stereocenters. The van der Waals surface area contributed by atoms with E-state index in [1.807, 2.05) is 58.7 Å². The van der Waals surface area contributed by atoms with Crippen LogP contribution in [0.2, 0.25) is 0 Å². The number of nitrogens with zero attached hydrogens (tertiary/aromatic N) is 3. The zero-order valence-corrected chi connectivity index (χ0v) is 15.4. The maximum absolute atomic E-state index is 12.8. The predicted molar refractivity (Wildman–Crippen MR) is 106 cm³/mol.